The molecule has 17 heavy (non-hydrogen) atoms. The maximum atomic E-state index is 6.43. The lowest BCUT2D eigenvalue weighted by molar-refractivity contribution is 0.539. The summed E-state index contributed by atoms with van der Waals surface area (Å²) >= 11 is 1.78. The predicted molar refractivity (Wildman–Crippen MR) is 75.5 cm³/mol. The minimum atomic E-state index is 0.105. The molecule has 2 unspecified atom stereocenters. The molecule has 0 aliphatic carbocycles. The SMILES string of the molecule is CCC(c1ccccc1)C(N)c1ccsc1C. The van der Waals surface area contributed by atoms with Crippen LogP contribution in [0.3, 0.4) is 0 Å². The maximum Gasteiger partial charge on any atom is 0.0375 e. The molecule has 2 N–H and O–H groups in total. The van der Waals surface area contributed by atoms with Crippen molar-refractivity contribution in [1.29, 1.82) is 0 Å². The van der Waals surface area contributed by atoms with Crippen LogP contribution in [-0.4, -0.2) is 0 Å². The van der Waals surface area contributed by atoms with Crippen molar-refractivity contribution >= 4 is 11.3 Å². The van der Waals surface area contributed by atoms with Crippen molar-refractivity contribution < 1.29 is 0 Å². The number of hydrogen-bond acceptors (Lipinski definition) is 2. The van der Waals surface area contributed by atoms with E-state index in [9.17, 15) is 0 Å². The molecular formula is C15H19NS. The Morgan fingerprint density at radius 3 is 2.41 bits per heavy atom. The second-order valence-electron chi connectivity index (χ2n) is 4.38. The van der Waals surface area contributed by atoms with Crippen LogP contribution in [0, 0.1) is 6.92 Å². The molecule has 1 heterocycles. The zero-order valence-corrected chi connectivity index (χ0v) is 11.2. The highest BCUT2D eigenvalue weighted by Crippen LogP contribution is 2.34. The lowest BCUT2D eigenvalue weighted by atomic mass is 9.86. The van der Waals surface area contributed by atoms with E-state index in [-0.39, 0.29) is 6.04 Å². The Balaban J connectivity index is 2.28. The molecule has 0 spiro atoms. The molecule has 90 valence electrons. The third-order valence-corrected chi connectivity index (χ3v) is 4.22. The van der Waals surface area contributed by atoms with Crippen LogP contribution in [0.2, 0.25) is 0 Å². The van der Waals surface area contributed by atoms with Crippen LogP contribution in [0.25, 0.3) is 0 Å². The Labute approximate surface area is 107 Å². The van der Waals surface area contributed by atoms with Gasteiger partial charge in [0.05, 0.1) is 0 Å². The van der Waals surface area contributed by atoms with Crippen LogP contribution in [-0.2, 0) is 0 Å². The molecule has 0 fully saturated rings. The first-order valence-corrected chi connectivity index (χ1v) is 6.96. The van der Waals surface area contributed by atoms with Gasteiger partial charge in [0.15, 0.2) is 0 Å². The summed E-state index contributed by atoms with van der Waals surface area (Å²) in [6, 6.07) is 12.9. The summed E-state index contributed by atoms with van der Waals surface area (Å²) in [5.41, 5.74) is 9.07. The van der Waals surface area contributed by atoms with E-state index in [1.54, 1.807) is 11.3 Å². The second-order valence-corrected chi connectivity index (χ2v) is 5.50. The van der Waals surface area contributed by atoms with E-state index in [0.717, 1.165) is 6.42 Å². The van der Waals surface area contributed by atoms with E-state index >= 15 is 0 Å². The topological polar surface area (TPSA) is 26.0 Å². The number of rotatable bonds is 4. The standard InChI is InChI=1S/C15H19NS/c1-3-13(12-7-5-4-6-8-12)15(16)14-9-10-17-11(14)2/h4-10,13,15H,3,16H2,1-2H3. The lowest BCUT2D eigenvalue weighted by Crippen LogP contribution is -2.19. The molecule has 1 nitrogen and oxygen atoms in total. The van der Waals surface area contributed by atoms with Crippen LogP contribution in [0.1, 0.15) is 41.3 Å². The van der Waals surface area contributed by atoms with Gasteiger partial charge in [-0.1, -0.05) is 37.3 Å². The Bertz CT molecular complexity index is 461. The summed E-state index contributed by atoms with van der Waals surface area (Å²) in [6.45, 7) is 4.36. The molecular weight excluding hydrogens is 226 g/mol. The largest absolute Gasteiger partial charge is 0.323 e. The van der Waals surface area contributed by atoms with E-state index in [4.69, 9.17) is 5.73 Å². The molecule has 2 aromatic rings. The van der Waals surface area contributed by atoms with Crippen molar-refractivity contribution in [3.05, 3.63) is 57.8 Å². The quantitative estimate of drug-likeness (QED) is 0.856. The van der Waals surface area contributed by atoms with Gasteiger partial charge < -0.3 is 5.73 Å². The summed E-state index contributed by atoms with van der Waals surface area (Å²) < 4.78 is 0. The third-order valence-electron chi connectivity index (χ3n) is 3.36. The molecule has 2 heteroatoms. The first-order chi connectivity index (χ1) is 8.24. The molecule has 0 radical (unpaired) electrons. The van der Waals surface area contributed by atoms with Crippen molar-refractivity contribution in [1.82, 2.24) is 0 Å². The van der Waals surface area contributed by atoms with Crippen molar-refractivity contribution in [3.8, 4) is 0 Å². The van der Waals surface area contributed by atoms with Crippen LogP contribution in [0.4, 0.5) is 0 Å². The van der Waals surface area contributed by atoms with Gasteiger partial charge >= 0.3 is 0 Å². The lowest BCUT2D eigenvalue weighted by Gasteiger charge is -2.23. The number of thiophene rings is 1. The van der Waals surface area contributed by atoms with E-state index in [2.05, 4.69) is 55.6 Å². The first kappa shape index (κ1) is 12.3. The Kier molecular flexibility index (Phi) is 3.97. The van der Waals surface area contributed by atoms with Crippen LogP contribution >= 0.6 is 11.3 Å². The molecule has 0 saturated carbocycles. The molecule has 2 rings (SSSR count). The summed E-state index contributed by atoms with van der Waals surface area (Å²) in [5.74, 6) is 0.407. The molecule has 0 amide bonds. The van der Waals surface area contributed by atoms with Gasteiger partial charge in [-0.05, 0) is 35.9 Å². The average molecular weight is 245 g/mol. The van der Waals surface area contributed by atoms with Gasteiger partial charge in [-0.2, -0.15) is 0 Å². The fraction of sp³-hybridized carbons (Fsp3) is 0.333. The predicted octanol–water partition coefficient (Wildman–Crippen LogP) is 4.25. The number of nitrogens with two attached hydrogens (primary N) is 1. The van der Waals surface area contributed by atoms with Gasteiger partial charge in [0.1, 0.15) is 0 Å². The normalized spacial score (nSPS) is 14.5. The van der Waals surface area contributed by atoms with E-state index in [1.165, 1.54) is 16.0 Å². The fourth-order valence-corrected chi connectivity index (χ4v) is 3.11. The smallest absolute Gasteiger partial charge is 0.0375 e. The number of benzene rings is 1. The van der Waals surface area contributed by atoms with Gasteiger partial charge in [-0.3, -0.25) is 0 Å². The van der Waals surface area contributed by atoms with E-state index in [0.29, 0.717) is 5.92 Å². The highest BCUT2D eigenvalue weighted by Gasteiger charge is 2.21. The third kappa shape index (κ3) is 2.59. The van der Waals surface area contributed by atoms with Crippen molar-refractivity contribution in [3.63, 3.8) is 0 Å². The molecule has 1 aromatic heterocycles. The second kappa shape index (κ2) is 5.48. The molecule has 2 atom stereocenters. The van der Waals surface area contributed by atoms with Crippen LogP contribution < -0.4 is 5.73 Å². The summed E-state index contributed by atoms with van der Waals surface area (Å²) in [7, 11) is 0. The molecule has 0 saturated heterocycles. The molecule has 0 bridgehead atoms. The summed E-state index contributed by atoms with van der Waals surface area (Å²) in [4.78, 5) is 1.34. The van der Waals surface area contributed by atoms with Gasteiger partial charge in [-0.25, -0.2) is 0 Å². The maximum absolute atomic E-state index is 6.43. The highest BCUT2D eigenvalue weighted by molar-refractivity contribution is 7.10. The Morgan fingerprint density at radius 1 is 1.18 bits per heavy atom. The van der Waals surface area contributed by atoms with Crippen molar-refractivity contribution in [2.24, 2.45) is 5.73 Å². The number of hydrogen-bond donors (Lipinski definition) is 1. The van der Waals surface area contributed by atoms with E-state index < -0.39 is 0 Å². The summed E-state index contributed by atoms with van der Waals surface area (Å²) in [5, 5.41) is 2.13. The number of aryl methyl sites for hydroxylation is 1. The van der Waals surface area contributed by atoms with Gasteiger partial charge in [0.25, 0.3) is 0 Å². The molecule has 0 aliphatic rings. The highest BCUT2D eigenvalue weighted by atomic mass is 32.1. The molecule has 0 aliphatic heterocycles. The zero-order chi connectivity index (χ0) is 12.3. The van der Waals surface area contributed by atoms with Crippen molar-refractivity contribution in [2.75, 3.05) is 0 Å². The minimum absolute atomic E-state index is 0.105. The van der Waals surface area contributed by atoms with Gasteiger partial charge in [-0.15, -0.1) is 11.3 Å². The average Bonchev–Trinajstić information content (AvgIpc) is 2.77. The first-order valence-electron chi connectivity index (χ1n) is 6.08. The van der Waals surface area contributed by atoms with Crippen LogP contribution in [0.15, 0.2) is 41.8 Å². The molecule has 1 aromatic carbocycles. The Morgan fingerprint density at radius 2 is 1.88 bits per heavy atom. The van der Waals surface area contributed by atoms with Crippen LogP contribution in [0.5, 0.6) is 0 Å². The summed E-state index contributed by atoms with van der Waals surface area (Å²) in [6.07, 6.45) is 1.07. The van der Waals surface area contributed by atoms with Gasteiger partial charge in [0.2, 0.25) is 0 Å². The zero-order valence-electron chi connectivity index (χ0n) is 10.4. The monoisotopic (exact) mass is 245 g/mol. The van der Waals surface area contributed by atoms with E-state index in [1.807, 2.05) is 0 Å². The fourth-order valence-electron chi connectivity index (χ4n) is 2.35. The van der Waals surface area contributed by atoms with Gasteiger partial charge in [0, 0.05) is 16.8 Å². The van der Waals surface area contributed by atoms with Crippen molar-refractivity contribution in [2.45, 2.75) is 32.2 Å². The minimum Gasteiger partial charge on any atom is -0.323 e. The Hall–Kier alpha value is -1.12.